The molecule has 324 valence electrons. The molecule has 2 rings (SSSR count). The molecule has 56 heavy (non-hydrogen) atoms. The van der Waals surface area contributed by atoms with Crippen LogP contribution in [0.15, 0.2) is 42.1 Å². The zero-order valence-corrected chi connectivity index (χ0v) is 38.5. The zero-order valence-electron chi connectivity index (χ0n) is 37.6. The molecular weight excluding hydrogens is 725 g/mol. The quantitative estimate of drug-likeness (QED) is 0.0471. The van der Waals surface area contributed by atoms with E-state index in [1.165, 1.54) is 18.9 Å². The number of urea groups is 1. The number of likely N-dealkylation sites (tertiary alicyclic amines) is 1. The van der Waals surface area contributed by atoms with Crippen molar-refractivity contribution in [2.45, 2.75) is 189 Å². The SMILES string of the molecule is C=CCNC(=O)C(=O)C(CCC)NC=O.CC.CC.CCC.CCCCC(CC)(CSc1ccccn1)NC(=O)NC(C(=O)N1CCCCC1CC)C(C)(C)C. The Labute approximate surface area is 346 Å². The largest absolute Gasteiger partial charge is 0.348 e. The molecule has 4 N–H and O–H groups in total. The van der Waals surface area contributed by atoms with Crippen LogP contribution in [0, 0.1) is 5.41 Å². The summed E-state index contributed by atoms with van der Waals surface area (Å²) in [5.41, 5.74) is -0.740. The van der Waals surface area contributed by atoms with Crippen LogP contribution in [0.3, 0.4) is 0 Å². The first-order valence-electron chi connectivity index (χ1n) is 21.3. The summed E-state index contributed by atoms with van der Waals surface area (Å²) in [6, 6.07) is 4.62. The van der Waals surface area contributed by atoms with Gasteiger partial charge in [0.15, 0.2) is 0 Å². The number of piperidine rings is 1. The van der Waals surface area contributed by atoms with Gasteiger partial charge in [0.25, 0.3) is 5.91 Å². The number of nitrogens with one attached hydrogen (secondary N) is 4. The Kier molecular flexibility index (Phi) is 35.4. The Hall–Kier alpha value is -3.41. The van der Waals surface area contributed by atoms with Gasteiger partial charge in [0, 0.05) is 31.1 Å². The number of unbranched alkanes of at least 4 members (excludes halogenated alkanes) is 1. The number of nitrogens with zero attached hydrogens (tertiary/aromatic N) is 2. The monoisotopic (exact) mass is 807 g/mol. The average molecular weight is 807 g/mol. The van der Waals surface area contributed by atoms with Crippen LogP contribution in [0.1, 0.15) is 161 Å². The number of pyridine rings is 1. The highest BCUT2D eigenvalue weighted by Gasteiger charge is 2.39. The highest BCUT2D eigenvalue weighted by Crippen LogP contribution is 2.29. The smallest absolute Gasteiger partial charge is 0.315 e. The third-order valence-electron chi connectivity index (χ3n) is 8.76. The van der Waals surface area contributed by atoms with E-state index in [1.807, 2.05) is 78.5 Å². The molecule has 0 aromatic carbocycles. The van der Waals surface area contributed by atoms with Crippen molar-refractivity contribution in [2.24, 2.45) is 5.41 Å². The second-order valence-electron chi connectivity index (χ2n) is 14.4. The first-order valence-corrected chi connectivity index (χ1v) is 22.3. The first-order chi connectivity index (χ1) is 26.7. The van der Waals surface area contributed by atoms with E-state index in [4.69, 9.17) is 0 Å². The van der Waals surface area contributed by atoms with Gasteiger partial charge >= 0.3 is 6.03 Å². The molecule has 1 aliphatic heterocycles. The molecule has 1 aromatic heterocycles. The van der Waals surface area contributed by atoms with Crippen LogP contribution in [-0.4, -0.2) is 82.4 Å². The van der Waals surface area contributed by atoms with E-state index in [2.05, 4.69) is 67.4 Å². The van der Waals surface area contributed by atoms with Crippen LogP contribution >= 0.6 is 11.8 Å². The van der Waals surface area contributed by atoms with Gasteiger partial charge in [-0.2, -0.15) is 0 Å². The molecule has 11 nitrogen and oxygen atoms in total. The van der Waals surface area contributed by atoms with Gasteiger partial charge in [-0.3, -0.25) is 19.2 Å². The maximum atomic E-state index is 13.6. The molecule has 0 radical (unpaired) electrons. The number of ketones is 1. The predicted octanol–water partition coefficient (Wildman–Crippen LogP) is 9.26. The van der Waals surface area contributed by atoms with Gasteiger partial charge in [-0.05, 0) is 62.5 Å². The maximum absolute atomic E-state index is 13.6. The lowest BCUT2D eigenvalue weighted by Gasteiger charge is -2.41. The van der Waals surface area contributed by atoms with E-state index < -0.39 is 23.8 Å². The van der Waals surface area contributed by atoms with Gasteiger partial charge in [0.05, 0.1) is 16.6 Å². The molecule has 12 heteroatoms. The number of rotatable bonds is 19. The van der Waals surface area contributed by atoms with E-state index in [9.17, 15) is 24.0 Å². The average Bonchev–Trinajstić information content (AvgIpc) is 3.21. The predicted molar refractivity (Wildman–Crippen MR) is 237 cm³/mol. The van der Waals surface area contributed by atoms with Gasteiger partial charge in [0.2, 0.25) is 18.1 Å². The van der Waals surface area contributed by atoms with E-state index in [0.717, 1.165) is 62.3 Å². The van der Waals surface area contributed by atoms with Crippen molar-refractivity contribution < 1.29 is 24.0 Å². The lowest BCUT2D eigenvalue weighted by atomic mass is 9.84. The minimum atomic E-state index is -0.725. The summed E-state index contributed by atoms with van der Waals surface area (Å²) in [6.45, 7) is 31.1. The Morgan fingerprint density at radius 3 is 2.12 bits per heavy atom. The van der Waals surface area contributed by atoms with Crippen molar-refractivity contribution >= 4 is 41.8 Å². The number of carbonyl (C=O) groups excluding carboxylic acids is 5. The molecule has 4 unspecified atom stereocenters. The number of hydrogen-bond acceptors (Lipinski definition) is 7. The Bertz CT molecular complexity index is 1200. The van der Waals surface area contributed by atoms with Crippen LogP contribution in [-0.2, 0) is 19.2 Å². The van der Waals surface area contributed by atoms with Crippen LogP contribution in [0.5, 0.6) is 0 Å². The van der Waals surface area contributed by atoms with E-state index >= 15 is 0 Å². The third kappa shape index (κ3) is 23.6. The fourth-order valence-electron chi connectivity index (χ4n) is 5.71. The number of carbonyl (C=O) groups is 5. The number of thioether (sulfide) groups is 1. The Morgan fingerprint density at radius 2 is 1.64 bits per heavy atom. The van der Waals surface area contributed by atoms with E-state index in [0.29, 0.717) is 19.3 Å². The summed E-state index contributed by atoms with van der Waals surface area (Å²) >= 11 is 1.67. The van der Waals surface area contributed by atoms with Crippen molar-refractivity contribution in [1.29, 1.82) is 0 Å². The third-order valence-corrected chi connectivity index (χ3v) is 10.00. The lowest BCUT2D eigenvalue weighted by Crippen LogP contribution is -2.62. The minimum absolute atomic E-state index is 0.0488. The van der Waals surface area contributed by atoms with Crippen LogP contribution in [0.25, 0.3) is 0 Å². The van der Waals surface area contributed by atoms with Crippen molar-refractivity contribution in [1.82, 2.24) is 31.2 Å². The molecule has 1 aromatic rings. The van der Waals surface area contributed by atoms with Crippen molar-refractivity contribution in [3.63, 3.8) is 0 Å². The fourth-order valence-corrected chi connectivity index (χ4v) is 6.86. The van der Waals surface area contributed by atoms with Gasteiger partial charge in [-0.15, -0.1) is 18.3 Å². The molecule has 5 amide bonds. The minimum Gasteiger partial charge on any atom is -0.348 e. The first kappa shape index (κ1) is 56.9. The number of Topliss-reactive ketones (excluding diaryl/α,β-unsaturated/α-hetero) is 1. The molecule has 0 aliphatic carbocycles. The molecule has 0 bridgehead atoms. The second kappa shape index (κ2) is 34.8. The summed E-state index contributed by atoms with van der Waals surface area (Å²) in [4.78, 5) is 66.4. The van der Waals surface area contributed by atoms with Crippen molar-refractivity contribution in [2.75, 3.05) is 18.8 Å². The second-order valence-corrected chi connectivity index (χ2v) is 15.4. The lowest BCUT2D eigenvalue weighted by molar-refractivity contribution is -0.139. The molecular formula is C44H82N6O5S. The van der Waals surface area contributed by atoms with Crippen LogP contribution in [0.2, 0.25) is 0 Å². The van der Waals surface area contributed by atoms with Gasteiger partial charge < -0.3 is 26.2 Å². The highest BCUT2D eigenvalue weighted by atomic mass is 32.2. The summed E-state index contributed by atoms with van der Waals surface area (Å²) in [5.74, 6) is -0.521. The van der Waals surface area contributed by atoms with Crippen molar-refractivity contribution in [3.05, 3.63) is 37.1 Å². The fraction of sp³-hybridized carbons (Fsp3) is 0.727. The Balaban J connectivity index is -0.00000106. The number of aromatic nitrogens is 1. The normalized spacial score (nSPS) is 15.2. The van der Waals surface area contributed by atoms with Gasteiger partial charge in [-0.1, -0.05) is 128 Å². The number of amides is 5. The van der Waals surface area contributed by atoms with Gasteiger partial charge in [0.1, 0.15) is 6.04 Å². The molecule has 4 atom stereocenters. The molecule has 1 saturated heterocycles. The number of hydrogen-bond donors (Lipinski definition) is 4. The van der Waals surface area contributed by atoms with Crippen molar-refractivity contribution in [3.8, 4) is 0 Å². The highest BCUT2D eigenvalue weighted by molar-refractivity contribution is 7.99. The van der Waals surface area contributed by atoms with Crippen LogP contribution in [0.4, 0.5) is 4.79 Å². The van der Waals surface area contributed by atoms with E-state index in [1.54, 1.807) is 18.0 Å². The molecule has 1 aliphatic rings. The zero-order chi connectivity index (χ0) is 43.6. The van der Waals surface area contributed by atoms with Crippen LogP contribution < -0.4 is 21.3 Å². The van der Waals surface area contributed by atoms with Gasteiger partial charge in [-0.25, -0.2) is 9.78 Å². The topological polar surface area (TPSA) is 150 Å². The molecule has 2 heterocycles. The molecule has 1 fully saturated rings. The standard InChI is InChI=1S/C27H46N4O2S.C10H16N2O3.C3H8.2C2H6/c1-7-10-17-27(9-3,20-34-22-16-11-13-18-28-22)30-25(33)29-23(26(4,5)6)24(32)31-19-14-12-15-21(31)8-2;1-3-5-8(12-7-13)9(14)10(15)11-6-4-2;1-3-2;2*1-2/h11,13,16,18,21,23H,7-10,12,14-15,17,19-20H2,1-6H3,(H2,29,30,33);4,7-8H,2-3,5-6H2,1H3,(H,11,15)(H,12,13);3H2,1-2H3;2*1-2H3. The molecule has 0 saturated carbocycles. The Morgan fingerprint density at radius 1 is 1.00 bits per heavy atom. The summed E-state index contributed by atoms with van der Waals surface area (Å²) in [6.07, 6.45) is 14.1. The van der Waals surface area contributed by atoms with E-state index in [-0.39, 0.29) is 35.5 Å². The molecule has 0 spiro atoms. The summed E-state index contributed by atoms with van der Waals surface area (Å²) < 4.78 is 0. The maximum Gasteiger partial charge on any atom is 0.315 e. The summed E-state index contributed by atoms with van der Waals surface area (Å²) in [7, 11) is 0. The summed E-state index contributed by atoms with van der Waals surface area (Å²) in [5, 5.41) is 12.0.